The molecule has 0 spiro atoms. The van der Waals surface area contributed by atoms with Crippen LogP contribution in [-0.4, -0.2) is 37.5 Å². The minimum absolute atomic E-state index is 0.0404. The number of halogens is 3. The van der Waals surface area contributed by atoms with Gasteiger partial charge in [0.15, 0.2) is 6.10 Å². The molecule has 1 N–H and O–H groups in total. The van der Waals surface area contributed by atoms with E-state index in [2.05, 4.69) is 20.1 Å². The Morgan fingerprint density at radius 2 is 2.11 bits per heavy atom. The quantitative estimate of drug-likeness (QED) is 0.914. The number of aliphatic hydroxyl groups excluding tert-OH is 1. The maximum Gasteiger partial charge on any atom is 0.415 e. The number of alkyl halides is 3. The van der Waals surface area contributed by atoms with E-state index in [0.29, 0.717) is 5.69 Å². The highest BCUT2D eigenvalue weighted by Gasteiger charge is 2.44. The van der Waals surface area contributed by atoms with E-state index in [1.165, 1.54) is 18.6 Å². The molecule has 0 radical (unpaired) electrons. The van der Waals surface area contributed by atoms with E-state index in [1.807, 2.05) is 0 Å². The van der Waals surface area contributed by atoms with Gasteiger partial charge in [-0.2, -0.15) is 18.2 Å². The molecule has 0 saturated carbocycles. The van der Waals surface area contributed by atoms with Crippen molar-refractivity contribution in [3.05, 3.63) is 24.5 Å². The van der Waals surface area contributed by atoms with Crippen molar-refractivity contribution >= 4 is 0 Å². The second kappa shape index (κ2) is 4.92. The van der Waals surface area contributed by atoms with Crippen LogP contribution in [0, 0.1) is 0 Å². The van der Waals surface area contributed by atoms with E-state index < -0.39 is 18.2 Å². The summed E-state index contributed by atoms with van der Waals surface area (Å²) in [6.45, 7) is 1.15. The van der Waals surface area contributed by atoms with E-state index in [0.717, 1.165) is 6.92 Å². The molecular weight excluding hydrogens is 265 g/mol. The predicted molar refractivity (Wildman–Crippen MR) is 55.8 cm³/mol. The Morgan fingerprint density at radius 1 is 1.37 bits per heavy atom. The molecule has 102 valence electrons. The first kappa shape index (κ1) is 13.4. The first-order chi connectivity index (χ1) is 8.89. The van der Waals surface area contributed by atoms with Crippen LogP contribution >= 0.6 is 0 Å². The van der Waals surface area contributed by atoms with Crippen molar-refractivity contribution in [2.45, 2.75) is 25.1 Å². The van der Waals surface area contributed by atoms with E-state index >= 15 is 0 Å². The number of nitrogens with zero attached hydrogens (tertiary/aromatic N) is 4. The van der Waals surface area contributed by atoms with Gasteiger partial charge in [-0.05, 0) is 6.07 Å². The molecule has 2 heterocycles. The molecule has 0 aliphatic carbocycles. The van der Waals surface area contributed by atoms with Crippen molar-refractivity contribution in [1.82, 2.24) is 20.1 Å². The minimum atomic E-state index is -4.75. The minimum Gasteiger partial charge on any atom is -0.383 e. The van der Waals surface area contributed by atoms with Gasteiger partial charge in [-0.3, -0.25) is 0 Å². The highest BCUT2D eigenvalue weighted by Crippen LogP contribution is 2.31. The van der Waals surface area contributed by atoms with Crippen LogP contribution in [0.4, 0.5) is 13.2 Å². The normalized spacial score (nSPS) is 15.2. The molecule has 0 aliphatic rings. The summed E-state index contributed by atoms with van der Waals surface area (Å²) in [5.41, 5.74) is 0.318. The fourth-order valence-corrected chi connectivity index (χ4v) is 1.37. The van der Waals surface area contributed by atoms with E-state index in [9.17, 15) is 13.2 Å². The Kier molecular flexibility index (Phi) is 3.47. The Hall–Kier alpha value is -2.03. The smallest absolute Gasteiger partial charge is 0.383 e. The van der Waals surface area contributed by atoms with Crippen LogP contribution in [0.2, 0.25) is 0 Å². The fourth-order valence-electron chi connectivity index (χ4n) is 1.37. The summed E-state index contributed by atoms with van der Waals surface area (Å²) in [6.07, 6.45) is -4.62. The first-order valence-electron chi connectivity index (χ1n) is 5.24. The molecule has 6 nitrogen and oxygen atoms in total. The zero-order valence-corrected chi connectivity index (χ0v) is 9.66. The van der Waals surface area contributed by atoms with Crippen molar-refractivity contribution < 1.29 is 22.8 Å². The van der Waals surface area contributed by atoms with E-state index in [-0.39, 0.29) is 11.7 Å². The SMILES string of the molecule is CC(c1nc(-c2ccncn2)no1)C(O)C(F)(F)F. The van der Waals surface area contributed by atoms with Crippen LogP contribution in [-0.2, 0) is 0 Å². The number of hydrogen-bond acceptors (Lipinski definition) is 6. The molecule has 0 aromatic carbocycles. The molecule has 0 amide bonds. The monoisotopic (exact) mass is 274 g/mol. The summed E-state index contributed by atoms with van der Waals surface area (Å²) in [7, 11) is 0. The molecule has 2 rings (SSSR count). The second-order valence-electron chi connectivity index (χ2n) is 3.83. The molecule has 2 atom stereocenters. The fraction of sp³-hybridized carbons (Fsp3) is 0.400. The topological polar surface area (TPSA) is 84.9 Å². The Balaban J connectivity index is 2.22. The number of hydrogen-bond donors (Lipinski definition) is 1. The Labute approximate surface area is 105 Å². The summed E-state index contributed by atoms with van der Waals surface area (Å²) in [5, 5.41) is 12.6. The highest BCUT2D eigenvalue weighted by molar-refractivity contribution is 5.46. The van der Waals surface area contributed by atoms with Crippen LogP contribution in [0.15, 0.2) is 23.1 Å². The summed E-state index contributed by atoms with van der Waals surface area (Å²) >= 11 is 0. The zero-order chi connectivity index (χ0) is 14.0. The molecule has 2 aromatic rings. The lowest BCUT2D eigenvalue weighted by Crippen LogP contribution is -2.33. The molecule has 0 bridgehead atoms. The second-order valence-corrected chi connectivity index (χ2v) is 3.83. The standard InChI is InChI=1S/C10H9F3N4O2/c1-5(7(18)10(11,12)13)9-16-8(17-19-9)6-2-3-14-4-15-6/h2-5,7,18H,1H3. The van der Waals surface area contributed by atoms with Crippen molar-refractivity contribution in [3.8, 4) is 11.5 Å². The molecule has 9 heteroatoms. The average molecular weight is 274 g/mol. The summed E-state index contributed by atoms with van der Waals surface area (Å²) < 4.78 is 41.8. The lowest BCUT2D eigenvalue weighted by Gasteiger charge is -2.17. The number of aliphatic hydroxyl groups is 1. The predicted octanol–water partition coefficient (Wildman–Crippen LogP) is 1.55. The largest absolute Gasteiger partial charge is 0.415 e. The van der Waals surface area contributed by atoms with Crippen molar-refractivity contribution in [1.29, 1.82) is 0 Å². The third-order valence-electron chi connectivity index (χ3n) is 2.45. The van der Waals surface area contributed by atoms with Gasteiger partial charge in [0, 0.05) is 6.20 Å². The van der Waals surface area contributed by atoms with Gasteiger partial charge in [0.1, 0.15) is 12.0 Å². The summed E-state index contributed by atoms with van der Waals surface area (Å²) in [4.78, 5) is 11.3. The molecule has 2 unspecified atom stereocenters. The van der Waals surface area contributed by atoms with Crippen LogP contribution in [0.5, 0.6) is 0 Å². The number of rotatable bonds is 3. The van der Waals surface area contributed by atoms with Gasteiger partial charge in [0.25, 0.3) is 0 Å². The van der Waals surface area contributed by atoms with Gasteiger partial charge in [-0.25, -0.2) is 9.97 Å². The van der Waals surface area contributed by atoms with Gasteiger partial charge < -0.3 is 9.63 Å². The lowest BCUT2D eigenvalue weighted by atomic mass is 10.1. The van der Waals surface area contributed by atoms with Gasteiger partial charge in [-0.1, -0.05) is 12.1 Å². The molecule has 2 aromatic heterocycles. The molecular formula is C10H9F3N4O2. The maximum absolute atomic E-state index is 12.4. The van der Waals surface area contributed by atoms with Crippen LogP contribution in [0.1, 0.15) is 18.7 Å². The number of aromatic nitrogens is 4. The van der Waals surface area contributed by atoms with Crippen LogP contribution < -0.4 is 0 Å². The summed E-state index contributed by atoms with van der Waals surface area (Å²) in [6, 6.07) is 1.49. The van der Waals surface area contributed by atoms with Crippen molar-refractivity contribution in [3.63, 3.8) is 0 Å². The van der Waals surface area contributed by atoms with Gasteiger partial charge in [0.2, 0.25) is 11.7 Å². The van der Waals surface area contributed by atoms with Crippen molar-refractivity contribution in [2.24, 2.45) is 0 Å². The van der Waals surface area contributed by atoms with E-state index in [1.54, 1.807) is 0 Å². The van der Waals surface area contributed by atoms with Gasteiger partial charge >= 0.3 is 6.18 Å². The lowest BCUT2D eigenvalue weighted by molar-refractivity contribution is -0.210. The Bertz CT molecular complexity index is 543. The van der Waals surface area contributed by atoms with Crippen LogP contribution in [0.3, 0.4) is 0 Å². The maximum atomic E-state index is 12.4. The third kappa shape index (κ3) is 2.87. The summed E-state index contributed by atoms with van der Waals surface area (Å²) in [5.74, 6) is -1.62. The average Bonchev–Trinajstić information content (AvgIpc) is 2.86. The zero-order valence-electron chi connectivity index (χ0n) is 9.66. The van der Waals surface area contributed by atoms with Gasteiger partial charge in [0.05, 0.1) is 5.92 Å². The molecule has 19 heavy (non-hydrogen) atoms. The molecule has 0 saturated heterocycles. The Morgan fingerprint density at radius 3 is 2.68 bits per heavy atom. The van der Waals surface area contributed by atoms with E-state index in [4.69, 9.17) is 9.63 Å². The van der Waals surface area contributed by atoms with Crippen LogP contribution in [0.25, 0.3) is 11.5 Å². The van der Waals surface area contributed by atoms with Crippen molar-refractivity contribution in [2.75, 3.05) is 0 Å². The third-order valence-corrected chi connectivity index (χ3v) is 2.45. The highest BCUT2D eigenvalue weighted by atomic mass is 19.4. The molecule has 0 aliphatic heterocycles. The first-order valence-corrected chi connectivity index (χ1v) is 5.24. The molecule has 0 fully saturated rings. The van der Waals surface area contributed by atoms with Gasteiger partial charge in [-0.15, -0.1) is 0 Å².